The highest BCUT2D eigenvalue weighted by Gasteiger charge is 2.17. The monoisotopic (exact) mass is 378 g/mol. The van der Waals surface area contributed by atoms with Crippen LogP contribution in [0.3, 0.4) is 0 Å². The highest BCUT2D eigenvalue weighted by atomic mass is 127. The number of halogens is 2. The molecule has 0 aliphatic rings. The number of hydrogen-bond acceptors (Lipinski definition) is 3. The lowest BCUT2D eigenvalue weighted by Crippen LogP contribution is -2.28. The van der Waals surface area contributed by atoms with Crippen LogP contribution in [0.5, 0.6) is 0 Å². The fourth-order valence-corrected chi connectivity index (χ4v) is 3.45. The molecule has 0 bridgehead atoms. The van der Waals surface area contributed by atoms with Crippen LogP contribution in [-0.4, -0.2) is 0 Å². The van der Waals surface area contributed by atoms with Crippen molar-refractivity contribution in [2.24, 2.45) is 5.84 Å². The summed E-state index contributed by atoms with van der Waals surface area (Å²) in [5.74, 6) is 5.68. The van der Waals surface area contributed by atoms with Crippen molar-refractivity contribution in [2.75, 3.05) is 0 Å². The Kier molecular flexibility index (Phi) is 4.43. The number of rotatable bonds is 3. The first kappa shape index (κ1) is 13.3. The minimum atomic E-state index is -0.000648. The molecule has 2 nitrogen and oxygen atoms in total. The van der Waals surface area contributed by atoms with Crippen molar-refractivity contribution in [1.29, 1.82) is 0 Å². The Morgan fingerprint density at radius 2 is 2.12 bits per heavy atom. The van der Waals surface area contributed by atoms with Crippen molar-refractivity contribution < 1.29 is 0 Å². The maximum Gasteiger partial charge on any atom is 0.0813 e. The summed E-state index contributed by atoms with van der Waals surface area (Å²) in [5.41, 5.74) is 3.98. The van der Waals surface area contributed by atoms with E-state index in [0.29, 0.717) is 0 Å². The van der Waals surface area contributed by atoms with Crippen LogP contribution in [0.15, 0.2) is 30.3 Å². The van der Waals surface area contributed by atoms with Gasteiger partial charge >= 0.3 is 0 Å². The lowest BCUT2D eigenvalue weighted by molar-refractivity contribution is 0.644. The second-order valence-electron chi connectivity index (χ2n) is 3.71. The van der Waals surface area contributed by atoms with Gasteiger partial charge in [-0.1, -0.05) is 11.6 Å². The second kappa shape index (κ2) is 5.67. The Balaban J connectivity index is 2.45. The topological polar surface area (TPSA) is 38.0 Å². The predicted octanol–water partition coefficient (Wildman–Crippen LogP) is 3.87. The van der Waals surface area contributed by atoms with Gasteiger partial charge in [0.15, 0.2) is 0 Å². The minimum Gasteiger partial charge on any atom is -0.271 e. The van der Waals surface area contributed by atoms with E-state index in [1.54, 1.807) is 11.3 Å². The van der Waals surface area contributed by atoms with Crippen LogP contribution in [-0.2, 0) is 0 Å². The Morgan fingerprint density at radius 1 is 1.35 bits per heavy atom. The Morgan fingerprint density at radius 3 is 2.71 bits per heavy atom. The third-order valence-electron chi connectivity index (χ3n) is 2.48. The number of hydrazine groups is 1. The zero-order chi connectivity index (χ0) is 12.4. The van der Waals surface area contributed by atoms with E-state index < -0.39 is 0 Å². The van der Waals surface area contributed by atoms with Crippen molar-refractivity contribution in [2.45, 2.75) is 13.0 Å². The van der Waals surface area contributed by atoms with Gasteiger partial charge in [-0.25, -0.2) is 5.43 Å². The minimum absolute atomic E-state index is 0.000648. The number of aryl methyl sites for hydroxylation is 1. The van der Waals surface area contributed by atoms with Gasteiger partial charge in [0.2, 0.25) is 0 Å². The molecule has 0 aliphatic carbocycles. The van der Waals surface area contributed by atoms with Gasteiger partial charge in [0, 0.05) is 18.3 Å². The molecule has 1 aromatic carbocycles. The van der Waals surface area contributed by atoms with Crippen molar-refractivity contribution in [3.8, 4) is 0 Å². The first-order valence-electron chi connectivity index (χ1n) is 5.09. The lowest BCUT2D eigenvalue weighted by Gasteiger charge is -2.16. The molecular weight excluding hydrogens is 367 g/mol. The summed E-state index contributed by atoms with van der Waals surface area (Å²) in [6.07, 6.45) is 0. The molecule has 1 heterocycles. The van der Waals surface area contributed by atoms with Gasteiger partial charge in [0.1, 0.15) is 0 Å². The summed E-state index contributed by atoms with van der Waals surface area (Å²) in [5, 5.41) is 0.731. The van der Waals surface area contributed by atoms with Gasteiger partial charge in [-0.3, -0.25) is 5.84 Å². The molecule has 1 unspecified atom stereocenters. The van der Waals surface area contributed by atoms with Crippen LogP contribution in [0.4, 0.5) is 0 Å². The van der Waals surface area contributed by atoms with Gasteiger partial charge < -0.3 is 0 Å². The van der Waals surface area contributed by atoms with Crippen molar-refractivity contribution in [3.63, 3.8) is 0 Å². The van der Waals surface area contributed by atoms with E-state index in [-0.39, 0.29) is 6.04 Å². The summed E-state index contributed by atoms with van der Waals surface area (Å²) in [7, 11) is 0. The van der Waals surface area contributed by atoms with E-state index in [9.17, 15) is 0 Å². The average Bonchev–Trinajstić information content (AvgIpc) is 2.71. The molecule has 2 rings (SSSR count). The van der Waals surface area contributed by atoms with Gasteiger partial charge in [-0.2, -0.15) is 0 Å². The number of nitrogens with two attached hydrogens (primary N) is 1. The fraction of sp³-hybridized carbons (Fsp3) is 0.167. The zero-order valence-corrected chi connectivity index (χ0v) is 12.9. The van der Waals surface area contributed by atoms with Crippen LogP contribution < -0.4 is 11.3 Å². The smallest absolute Gasteiger partial charge is 0.0813 e. The SMILES string of the molecule is Cc1ccc(C(NN)c2cc(Cl)ccc2I)s1. The standard InChI is InChI=1S/C12H12ClIN2S/c1-7-2-5-11(17-7)12(16-15)9-6-8(13)3-4-10(9)14/h2-6,12,16H,15H2,1H3. The first-order chi connectivity index (χ1) is 8.11. The molecule has 0 fully saturated rings. The molecule has 0 aliphatic heterocycles. The number of thiophene rings is 1. The molecule has 2 aromatic rings. The van der Waals surface area contributed by atoms with E-state index in [2.05, 4.69) is 47.1 Å². The Bertz CT molecular complexity index is 527. The summed E-state index contributed by atoms with van der Waals surface area (Å²) in [6.45, 7) is 2.09. The van der Waals surface area contributed by atoms with Crippen molar-refractivity contribution in [3.05, 3.63) is 54.2 Å². The van der Waals surface area contributed by atoms with Gasteiger partial charge in [-0.15, -0.1) is 11.3 Å². The number of hydrogen-bond donors (Lipinski definition) is 2. The molecule has 0 saturated carbocycles. The summed E-state index contributed by atoms with van der Waals surface area (Å²) in [6, 6.07) is 10.1. The molecule has 17 heavy (non-hydrogen) atoms. The summed E-state index contributed by atoms with van der Waals surface area (Å²) in [4.78, 5) is 2.47. The predicted molar refractivity (Wildman–Crippen MR) is 82.4 cm³/mol. The zero-order valence-electron chi connectivity index (χ0n) is 9.21. The number of nitrogens with one attached hydrogen (secondary N) is 1. The first-order valence-corrected chi connectivity index (χ1v) is 7.36. The largest absolute Gasteiger partial charge is 0.271 e. The number of benzene rings is 1. The summed E-state index contributed by atoms with van der Waals surface area (Å²) < 4.78 is 1.15. The van der Waals surface area contributed by atoms with E-state index in [1.807, 2.05) is 18.2 Å². The van der Waals surface area contributed by atoms with Crippen molar-refractivity contribution >= 4 is 45.5 Å². The van der Waals surface area contributed by atoms with Crippen LogP contribution in [0.25, 0.3) is 0 Å². The summed E-state index contributed by atoms with van der Waals surface area (Å²) >= 11 is 10.1. The van der Waals surface area contributed by atoms with E-state index in [1.165, 1.54) is 9.75 Å². The molecule has 1 atom stereocenters. The molecular formula is C12H12ClIN2S. The van der Waals surface area contributed by atoms with Crippen LogP contribution >= 0.6 is 45.5 Å². The fourth-order valence-electron chi connectivity index (χ4n) is 1.67. The van der Waals surface area contributed by atoms with Crippen LogP contribution in [0, 0.1) is 10.5 Å². The van der Waals surface area contributed by atoms with E-state index in [0.717, 1.165) is 14.2 Å². The molecule has 0 saturated heterocycles. The third-order valence-corrected chi connectivity index (χ3v) is 4.76. The van der Waals surface area contributed by atoms with Gasteiger partial charge in [0.05, 0.1) is 6.04 Å². The third kappa shape index (κ3) is 3.00. The van der Waals surface area contributed by atoms with E-state index >= 15 is 0 Å². The molecule has 0 amide bonds. The molecule has 0 radical (unpaired) electrons. The van der Waals surface area contributed by atoms with Crippen LogP contribution in [0.2, 0.25) is 5.02 Å². The van der Waals surface area contributed by atoms with Crippen LogP contribution in [0.1, 0.15) is 21.4 Å². The highest BCUT2D eigenvalue weighted by molar-refractivity contribution is 14.1. The van der Waals surface area contributed by atoms with Crippen molar-refractivity contribution in [1.82, 2.24) is 5.43 Å². The molecule has 5 heteroatoms. The Labute approximate surface area is 123 Å². The normalized spacial score (nSPS) is 12.7. The highest BCUT2D eigenvalue weighted by Crippen LogP contribution is 2.31. The molecule has 1 aromatic heterocycles. The maximum absolute atomic E-state index is 6.04. The quantitative estimate of drug-likeness (QED) is 0.483. The molecule has 0 spiro atoms. The van der Waals surface area contributed by atoms with Gasteiger partial charge in [-0.05, 0) is 65.4 Å². The average molecular weight is 379 g/mol. The molecule has 90 valence electrons. The second-order valence-corrected chi connectivity index (χ2v) is 6.63. The lowest BCUT2D eigenvalue weighted by atomic mass is 10.1. The Hall–Kier alpha value is -0.140. The van der Waals surface area contributed by atoms with Gasteiger partial charge in [0.25, 0.3) is 0 Å². The maximum atomic E-state index is 6.04. The van der Waals surface area contributed by atoms with E-state index in [4.69, 9.17) is 17.4 Å². The molecule has 3 N–H and O–H groups in total.